The van der Waals surface area contributed by atoms with Crippen molar-refractivity contribution < 1.29 is 18.7 Å². The van der Waals surface area contributed by atoms with E-state index in [-0.39, 0.29) is 31.3 Å². The lowest BCUT2D eigenvalue weighted by atomic mass is 10.1. The van der Waals surface area contributed by atoms with Crippen LogP contribution in [0.1, 0.15) is 5.56 Å². The minimum atomic E-state index is -1.15. The molecule has 22 heavy (non-hydrogen) atoms. The van der Waals surface area contributed by atoms with Gasteiger partial charge in [-0.25, -0.2) is 4.39 Å². The Morgan fingerprint density at radius 2 is 2.27 bits per heavy atom. The zero-order valence-electron chi connectivity index (χ0n) is 12.4. The van der Waals surface area contributed by atoms with E-state index >= 15 is 0 Å². The third-order valence-electron chi connectivity index (χ3n) is 3.59. The number of rotatable bonds is 5. The number of methoxy groups -OCH3 is 1. The van der Waals surface area contributed by atoms with Crippen LogP contribution in [0, 0.1) is 0 Å². The van der Waals surface area contributed by atoms with E-state index in [1.54, 1.807) is 24.3 Å². The van der Waals surface area contributed by atoms with Crippen LogP contribution in [0.15, 0.2) is 36.9 Å². The molecule has 1 aliphatic heterocycles. The lowest BCUT2D eigenvalue weighted by molar-refractivity contribution is -0.129. The third-order valence-corrected chi connectivity index (χ3v) is 3.59. The van der Waals surface area contributed by atoms with Crippen molar-refractivity contribution in [2.45, 2.75) is 18.7 Å². The van der Waals surface area contributed by atoms with Crippen LogP contribution in [0.2, 0.25) is 0 Å². The maximum Gasteiger partial charge on any atom is 0.247 e. The molecule has 5 nitrogen and oxygen atoms in total. The highest BCUT2D eigenvalue weighted by Crippen LogP contribution is 2.18. The summed E-state index contributed by atoms with van der Waals surface area (Å²) in [6, 6.07) is 6.99. The Hall–Kier alpha value is -2.21. The highest BCUT2D eigenvalue weighted by molar-refractivity contribution is 5.98. The Kier molecular flexibility index (Phi) is 5.27. The van der Waals surface area contributed by atoms with Gasteiger partial charge in [-0.3, -0.25) is 9.59 Å². The number of nitrogens with one attached hydrogen (secondary N) is 1. The van der Waals surface area contributed by atoms with Gasteiger partial charge in [-0.05, 0) is 23.8 Å². The lowest BCUT2D eigenvalue weighted by Crippen LogP contribution is -2.31. The summed E-state index contributed by atoms with van der Waals surface area (Å²) in [6.07, 6.45) is -0.371. The van der Waals surface area contributed by atoms with Crippen molar-refractivity contribution in [2.24, 2.45) is 0 Å². The van der Waals surface area contributed by atoms with Crippen molar-refractivity contribution in [3.63, 3.8) is 0 Å². The summed E-state index contributed by atoms with van der Waals surface area (Å²) < 4.78 is 18.6. The topological polar surface area (TPSA) is 58.6 Å². The molecule has 1 fully saturated rings. The van der Waals surface area contributed by atoms with Crippen LogP contribution in [-0.2, 0) is 20.7 Å². The van der Waals surface area contributed by atoms with Gasteiger partial charge in [0.05, 0.1) is 13.0 Å². The molecule has 1 aromatic carbocycles. The van der Waals surface area contributed by atoms with Crippen LogP contribution in [0.3, 0.4) is 0 Å². The highest BCUT2D eigenvalue weighted by Gasteiger charge is 2.35. The number of likely N-dealkylation sites (tertiary alicyclic amines) is 1. The lowest BCUT2D eigenvalue weighted by Gasteiger charge is -2.16. The SMILES string of the molecule is C=CC(=O)Nc1cccc(CC(=O)N2C[C@@H](F)[C@H](OC)C2)c1. The van der Waals surface area contributed by atoms with Gasteiger partial charge in [0, 0.05) is 19.3 Å². The molecule has 2 atom stereocenters. The molecule has 2 amide bonds. The number of anilines is 1. The van der Waals surface area contributed by atoms with Crippen LogP contribution in [0.4, 0.5) is 10.1 Å². The van der Waals surface area contributed by atoms with Crippen LogP contribution in [0.25, 0.3) is 0 Å². The third kappa shape index (κ3) is 3.92. The predicted octanol–water partition coefficient (Wildman–Crippen LogP) is 1.55. The van der Waals surface area contributed by atoms with Gasteiger partial charge in [0.25, 0.3) is 0 Å². The molecule has 0 radical (unpaired) electrons. The van der Waals surface area contributed by atoms with Gasteiger partial charge in [-0.2, -0.15) is 0 Å². The Balaban J connectivity index is 1.98. The van der Waals surface area contributed by atoms with E-state index in [4.69, 9.17) is 4.74 Å². The number of alkyl halides is 1. The Morgan fingerprint density at radius 3 is 2.91 bits per heavy atom. The zero-order valence-corrected chi connectivity index (χ0v) is 12.4. The summed E-state index contributed by atoms with van der Waals surface area (Å²) in [5.41, 5.74) is 1.35. The minimum absolute atomic E-state index is 0.0598. The smallest absolute Gasteiger partial charge is 0.247 e. The number of hydrogen-bond acceptors (Lipinski definition) is 3. The summed E-state index contributed by atoms with van der Waals surface area (Å²) in [5.74, 6) is -0.472. The van der Waals surface area contributed by atoms with E-state index in [9.17, 15) is 14.0 Å². The van der Waals surface area contributed by atoms with Gasteiger partial charge in [0.1, 0.15) is 12.3 Å². The molecule has 0 aliphatic carbocycles. The first-order valence-corrected chi connectivity index (χ1v) is 7.00. The van der Waals surface area contributed by atoms with Gasteiger partial charge in [-0.1, -0.05) is 18.7 Å². The van der Waals surface area contributed by atoms with Crippen molar-refractivity contribution in [3.05, 3.63) is 42.5 Å². The highest BCUT2D eigenvalue weighted by atomic mass is 19.1. The number of hydrogen-bond donors (Lipinski definition) is 1. The number of benzene rings is 1. The van der Waals surface area contributed by atoms with E-state index < -0.39 is 12.3 Å². The normalized spacial score (nSPS) is 20.7. The summed E-state index contributed by atoms with van der Waals surface area (Å²) in [7, 11) is 1.44. The van der Waals surface area contributed by atoms with Gasteiger partial charge >= 0.3 is 0 Å². The average molecular weight is 306 g/mol. The van der Waals surface area contributed by atoms with Gasteiger partial charge < -0.3 is 15.0 Å². The van der Waals surface area contributed by atoms with Crippen molar-refractivity contribution in [1.29, 1.82) is 0 Å². The van der Waals surface area contributed by atoms with Gasteiger partial charge in [0.2, 0.25) is 11.8 Å². The van der Waals surface area contributed by atoms with Crippen LogP contribution >= 0.6 is 0 Å². The summed E-state index contributed by atoms with van der Waals surface area (Å²) in [5, 5.41) is 2.64. The minimum Gasteiger partial charge on any atom is -0.377 e. The van der Waals surface area contributed by atoms with Gasteiger partial charge in [-0.15, -0.1) is 0 Å². The number of nitrogens with zero attached hydrogens (tertiary/aromatic N) is 1. The molecule has 2 rings (SSSR count). The van der Waals surface area contributed by atoms with E-state index in [0.29, 0.717) is 5.69 Å². The average Bonchev–Trinajstić information content (AvgIpc) is 2.88. The first-order valence-electron chi connectivity index (χ1n) is 7.00. The zero-order chi connectivity index (χ0) is 16.1. The molecule has 1 heterocycles. The van der Waals surface area contributed by atoms with Gasteiger partial charge in [0.15, 0.2) is 0 Å². The quantitative estimate of drug-likeness (QED) is 0.840. The van der Waals surface area contributed by atoms with E-state index in [1.807, 2.05) is 0 Å². The molecule has 1 aliphatic rings. The number of ether oxygens (including phenoxy) is 1. The first kappa shape index (κ1) is 16.2. The second kappa shape index (κ2) is 7.17. The molecule has 0 unspecified atom stereocenters. The second-order valence-corrected chi connectivity index (χ2v) is 5.16. The molecule has 1 N–H and O–H groups in total. The van der Waals surface area contributed by atoms with E-state index in [0.717, 1.165) is 5.56 Å². The van der Waals surface area contributed by atoms with Crippen LogP contribution < -0.4 is 5.32 Å². The number of carbonyl (C=O) groups excluding carboxylic acids is 2. The van der Waals surface area contributed by atoms with Crippen molar-refractivity contribution >= 4 is 17.5 Å². The largest absolute Gasteiger partial charge is 0.377 e. The number of halogens is 1. The Labute approximate surface area is 128 Å². The Bertz CT molecular complexity index is 576. The summed E-state index contributed by atoms with van der Waals surface area (Å²) in [6.45, 7) is 3.71. The molecule has 118 valence electrons. The Morgan fingerprint density at radius 1 is 1.50 bits per heavy atom. The fourth-order valence-electron chi connectivity index (χ4n) is 2.40. The molecule has 0 aromatic heterocycles. The molecule has 1 saturated heterocycles. The van der Waals surface area contributed by atoms with E-state index in [1.165, 1.54) is 18.1 Å². The molecule has 0 saturated carbocycles. The van der Waals surface area contributed by atoms with Crippen molar-refractivity contribution in [2.75, 3.05) is 25.5 Å². The fourth-order valence-corrected chi connectivity index (χ4v) is 2.40. The molecule has 0 bridgehead atoms. The molecular weight excluding hydrogens is 287 g/mol. The molecule has 1 aromatic rings. The van der Waals surface area contributed by atoms with Crippen molar-refractivity contribution in [3.8, 4) is 0 Å². The number of carbonyl (C=O) groups is 2. The van der Waals surface area contributed by atoms with Crippen LogP contribution in [-0.4, -0.2) is 49.2 Å². The second-order valence-electron chi connectivity index (χ2n) is 5.16. The number of amides is 2. The van der Waals surface area contributed by atoms with Crippen molar-refractivity contribution in [1.82, 2.24) is 4.90 Å². The maximum absolute atomic E-state index is 13.6. The maximum atomic E-state index is 13.6. The standard InChI is InChI=1S/C16H19FN2O3/c1-3-15(20)18-12-6-4-5-11(7-12)8-16(21)19-9-13(17)14(10-19)22-2/h3-7,13-14H,1,8-10H2,2H3,(H,18,20)/t13-,14-/m1/s1. The molecular formula is C16H19FN2O3. The molecule has 0 spiro atoms. The summed E-state index contributed by atoms with van der Waals surface area (Å²) >= 11 is 0. The van der Waals surface area contributed by atoms with Crippen LogP contribution in [0.5, 0.6) is 0 Å². The van der Waals surface area contributed by atoms with E-state index in [2.05, 4.69) is 11.9 Å². The first-order chi connectivity index (χ1) is 10.5. The summed E-state index contributed by atoms with van der Waals surface area (Å²) in [4.78, 5) is 24.9. The fraction of sp³-hybridized carbons (Fsp3) is 0.375. The predicted molar refractivity (Wildman–Crippen MR) is 81.2 cm³/mol. The monoisotopic (exact) mass is 306 g/mol. The molecule has 6 heteroatoms.